The van der Waals surface area contributed by atoms with Gasteiger partial charge in [0, 0.05) is 31.6 Å². The molecule has 0 aromatic heterocycles. The first-order chi connectivity index (χ1) is 10.6. The molecule has 0 radical (unpaired) electrons. The van der Waals surface area contributed by atoms with Crippen LogP contribution >= 0.6 is 0 Å². The van der Waals surface area contributed by atoms with Gasteiger partial charge in [0.15, 0.2) is 0 Å². The van der Waals surface area contributed by atoms with Crippen LogP contribution in [0, 0.1) is 12.3 Å². The van der Waals surface area contributed by atoms with Crippen LogP contribution in [0.4, 0.5) is 0 Å². The van der Waals surface area contributed by atoms with Crippen LogP contribution < -0.4 is 5.32 Å². The molecule has 0 atom stereocenters. The molecule has 4 nitrogen and oxygen atoms in total. The summed E-state index contributed by atoms with van der Waals surface area (Å²) in [7, 11) is 0. The van der Waals surface area contributed by atoms with E-state index in [1.165, 1.54) is 5.56 Å². The zero-order valence-corrected chi connectivity index (χ0v) is 13.2. The Kier molecular flexibility index (Phi) is 6.16. The molecule has 0 unspecified atom stereocenters. The second kappa shape index (κ2) is 8.11. The van der Waals surface area contributed by atoms with Gasteiger partial charge in [-0.1, -0.05) is 42.0 Å². The van der Waals surface area contributed by atoms with Gasteiger partial charge in [-0.15, -0.1) is 0 Å². The van der Waals surface area contributed by atoms with Gasteiger partial charge in [-0.05, 0) is 25.3 Å². The predicted octanol–water partition coefficient (Wildman–Crippen LogP) is 2.30. The van der Waals surface area contributed by atoms with Crippen molar-refractivity contribution < 1.29 is 14.6 Å². The van der Waals surface area contributed by atoms with Crippen molar-refractivity contribution in [3.63, 3.8) is 0 Å². The number of amides is 1. The molecule has 4 heteroatoms. The highest BCUT2D eigenvalue weighted by Gasteiger charge is 2.32. The molecule has 2 N–H and O–H groups in total. The second-order valence-electron chi connectivity index (χ2n) is 6.06. The molecule has 1 aromatic rings. The number of aliphatic hydroxyl groups is 1. The zero-order valence-electron chi connectivity index (χ0n) is 13.2. The molecule has 0 saturated carbocycles. The number of hydrogen-bond acceptors (Lipinski definition) is 3. The lowest BCUT2D eigenvalue weighted by Crippen LogP contribution is -2.43. The van der Waals surface area contributed by atoms with E-state index in [2.05, 4.69) is 17.4 Å². The molecule has 1 aliphatic rings. The highest BCUT2D eigenvalue weighted by Crippen LogP contribution is 2.28. The van der Waals surface area contributed by atoms with Gasteiger partial charge in [-0.2, -0.15) is 0 Å². The Bertz CT molecular complexity index is 502. The summed E-state index contributed by atoms with van der Waals surface area (Å²) in [5.41, 5.74) is 2.10. The first-order valence-corrected chi connectivity index (χ1v) is 7.82. The van der Waals surface area contributed by atoms with E-state index in [4.69, 9.17) is 4.74 Å². The molecule has 0 aliphatic carbocycles. The first-order valence-electron chi connectivity index (χ1n) is 7.82. The number of aryl methyl sites for hydroxylation is 1. The van der Waals surface area contributed by atoms with Gasteiger partial charge >= 0.3 is 0 Å². The fraction of sp³-hybridized carbons (Fsp3) is 0.500. The van der Waals surface area contributed by atoms with Gasteiger partial charge < -0.3 is 15.2 Å². The third-order valence-electron chi connectivity index (χ3n) is 4.24. The maximum atomic E-state index is 11.9. The normalized spacial score (nSPS) is 17.5. The number of nitrogens with one attached hydrogen (secondary N) is 1. The van der Waals surface area contributed by atoms with Crippen molar-refractivity contribution in [2.45, 2.75) is 26.2 Å². The van der Waals surface area contributed by atoms with E-state index in [1.807, 2.05) is 31.2 Å². The van der Waals surface area contributed by atoms with Crippen molar-refractivity contribution in [3.05, 3.63) is 41.5 Å². The summed E-state index contributed by atoms with van der Waals surface area (Å²) in [6, 6.07) is 8.17. The summed E-state index contributed by atoms with van der Waals surface area (Å²) in [4.78, 5) is 11.9. The van der Waals surface area contributed by atoms with Crippen molar-refractivity contribution in [2.24, 2.45) is 5.41 Å². The predicted molar refractivity (Wildman–Crippen MR) is 87.4 cm³/mol. The third kappa shape index (κ3) is 4.97. The molecule has 1 heterocycles. The summed E-state index contributed by atoms with van der Waals surface area (Å²) in [6.45, 7) is 3.97. The summed E-state index contributed by atoms with van der Waals surface area (Å²) in [6.07, 6.45) is 5.77. The van der Waals surface area contributed by atoms with Gasteiger partial charge in [0.25, 0.3) is 0 Å². The Morgan fingerprint density at radius 2 is 2.00 bits per heavy atom. The van der Waals surface area contributed by atoms with Crippen LogP contribution in [0.3, 0.4) is 0 Å². The van der Waals surface area contributed by atoms with Crippen LogP contribution in [0.1, 0.15) is 30.4 Å². The zero-order chi connectivity index (χ0) is 15.8. The molecule has 2 rings (SSSR count). The molecule has 1 aromatic carbocycles. The molecule has 1 fully saturated rings. The van der Waals surface area contributed by atoms with E-state index in [9.17, 15) is 9.90 Å². The van der Waals surface area contributed by atoms with Crippen molar-refractivity contribution in [3.8, 4) is 0 Å². The topological polar surface area (TPSA) is 58.6 Å². The van der Waals surface area contributed by atoms with Crippen LogP contribution in [0.15, 0.2) is 30.3 Å². The Morgan fingerprint density at radius 3 is 2.64 bits per heavy atom. The Morgan fingerprint density at radius 1 is 1.32 bits per heavy atom. The van der Waals surface area contributed by atoms with Crippen LogP contribution in [0.25, 0.3) is 6.08 Å². The summed E-state index contributed by atoms with van der Waals surface area (Å²) < 4.78 is 5.32. The van der Waals surface area contributed by atoms with E-state index in [0.717, 1.165) is 18.4 Å². The molecule has 0 spiro atoms. The number of ether oxygens (including phenoxy) is 1. The number of aliphatic hydroxyl groups excluding tert-OH is 1. The average Bonchev–Trinajstić information content (AvgIpc) is 2.56. The quantitative estimate of drug-likeness (QED) is 0.848. The first kappa shape index (κ1) is 16.7. The van der Waals surface area contributed by atoms with E-state index < -0.39 is 0 Å². The lowest BCUT2D eigenvalue weighted by molar-refractivity contribution is -0.121. The van der Waals surface area contributed by atoms with Gasteiger partial charge in [0.1, 0.15) is 0 Å². The van der Waals surface area contributed by atoms with Crippen LogP contribution in [0.2, 0.25) is 0 Å². The maximum absolute atomic E-state index is 11.9. The largest absolute Gasteiger partial charge is 0.396 e. The number of hydrogen-bond donors (Lipinski definition) is 2. The minimum Gasteiger partial charge on any atom is -0.396 e. The van der Waals surface area contributed by atoms with Crippen LogP contribution in [-0.4, -0.2) is 37.4 Å². The Hall–Kier alpha value is -1.65. The van der Waals surface area contributed by atoms with E-state index in [-0.39, 0.29) is 17.9 Å². The van der Waals surface area contributed by atoms with Gasteiger partial charge in [0.2, 0.25) is 5.91 Å². The summed E-state index contributed by atoms with van der Waals surface area (Å²) in [5, 5.41) is 12.5. The highest BCUT2D eigenvalue weighted by atomic mass is 16.5. The number of carbonyl (C=O) groups excluding carboxylic acids is 1. The van der Waals surface area contributed by atoms with E-state index in [1.54, 1.807) is 0 Å². The second-order valence-corrected chi connectivity index (χ2v) is 6.06. The number of benzene rings is 1. The van der Waals surface area contributed by atoms with Crippen molar-refractivity contribution in [1.29, 1.82) is 0 Å². The minimum atomic E-state index is -0.214. The maximum Gasteiger partial charge on any atom is 0.223 e. The number of carbonyl (C=O) groups is 1. The minimum absolute atomic E-state index is 0.0114. The molecule has 120 valence electrons. The fourth-order valence-corrected chi connectivity index (χ4v) is 2.53. The Labute approximate surface area is 132 Å². The molecular weight excluding hydrogens is 278 g/mol. The smallest absolute Gasteiger partial charge is 0.223 e. The van der Waals surface area contributed by atoms with E-state index >= 15 is 0 Å². The fourth-order valence-electron chi connectivity index (χ4n) is 2.53. The number of rotatable bonds is 6. The van der Waals surface area contributed by atoms with Crippen LogP contribution in [0.5, 0.6) is 0 Å². The Balaban J connectivity index is 1.76. The van der Waals surface area contributed by atoms with Crippen molar-refractivity contribution in [1.82, 2.24) is 5.32 Å². The van der Waals surface area contributed by atoms with Gasteiger partial charge in [0.05, 0.1) is 6.61 Å². The van der Waals surface area contributed by atoms with Crippen molar-refractivity contribution in [2.75, 3.05) is 26.4 Å². The molecule has 1 saturated heterocycles. The highest BCUT2D eigenvalue weighted by molar-refractivity contribution is 5.78. The monoisotopic (exact) mass is 303 g/mol. The molecular formula is C18H25NO3. The van der Waals surface area contributed by atoms with E-state index in [0.29, 0.717) is 26.2 Å². The molecule has 0 bridgehead atoms. The lowest BCUT2D eigenvalue weighted by atomic mass is 9.81. The summed E-state index contributed by atoms with van der Waals surface area (Å²) >= 11 is 0. The molecule has 22 heavy (non-hydrogen) atoms. The standard InChI is InChI=1S/C18H25NO3/c1-15-5-7-16(8-6-15)3-2-4-17(21)19-13-18(14-20)9-11-22-12-10-18/h2-3,5-8,20H,4,9-14H2,1H3,(H,19,21)/b3-2+. The summed E-state index contributed by atoms with van der Waals surface area (Å²) in [5.74, 6) is -0.0114. The average molecular weight is 303 g/mol. The molecule has 1 amide bonds. The van der Waals surface area contributed by atoms with Gasteiger partial charge in [-0.25, -0.2) is 0 Å². The molecule has 1 aliphatic heterocycles. The SMILES string of the molecule is Cc1ccc(/C=C/CC(=O)NCC2(CO)CCOCC2)cc1. The lowest BCUT2D eigenvalue weighted by Gasteiger charge is -2.35. The van der Waals surface area contributed by atoms with Crippen molar-refractivity contribution >= 4 is 12.0 Å². The van der Waals surface area contributed by atoms with Gasteiger partial charge in [-0.3, -0.25) is 4.79 Å². The van der Waals surface area contributed by atoms with Crippen LogP contribution in [-0.2, 0) is 9.53 Å². The third-order valence-corrected chi connectivity index (χ3v) is 4.24.